The van der Waals surface area contributed by atoms with Crippen molar-refractivity contribution in [3.63, 3.8) is 0 Å². The fourth-order valence-electron chi connectivity index (χ4n) is 1.69. The van der Waals surface area contributed by atoms with E-state index < -0.39 is 0 Å². The number of ether oxygens (including phenoxy) is 1. The molecular weight excluding hydrogens is 190 g/mol. The van der Waals surface area contributed by atoms with Crippen molar-refractivity contribution in [2.45, 2.75) is 13.3 Å². The monoisotopic (exact) mass is 205 g/mol. The van der Waals surface area contributed by atoms with Crippen LogP contribution in [0.25, 0.3) is 0 Å². The van der Waals surface area contributed by atoms with E-state index >= 15 is 0 Å². The lowest BCUT2D eigenvalue weighted by atomic mass is 10.1. The molecule has 0 aromatic heterocycles. The standard InChI is InChI=1S/C12H15NO2/c1-10-4-2-3-5-11(10)8-12(14)13-6-7-15-9-13/h2-5H,6-9H2,1H3. The number of hydrogen-bond donors (Lipinski definition) is 0. The second-order valence-corrected chi connectivity index (χ2v) is 3.80. The molecule has 3 heteroatoms. The van der Waals surface area contributed by atoms with Crippen LogP contribution in [-0.2, 0) is 16.0 Å². The van der Waals surface area contributed by atoms with Gasteiger partial charge in [-0.2, -0.15) is 0 Å². The molecule has 1 fully saturated rings. The van der Waals surface area contributed by atoms with Crippen LogP contribution in [0, 0.1) is 6.92 Å². The Morgan fingerprint density at radius 1 is 1.47 bits per heavy atom. The second-order valence-electron chi connectivity index (χ2n) is 3.80. The predicted octanol–water partition coefficient (Wildman–Crippen LogP) is 1.35. The molecule has 0 aliphatic carbocycles. The molecule has 0 unspecified atom stereocenters. The lowest BCUT2D eigenvalue weighted by Gasteiger charge is -2.14. The van der Waals surface area contributed by atoms with Gasteiger partial charge >= 0.3 is 0 Å². The minimum Gasteiger partial charge on any atom is -0.359 e. The summed E-state index contributed by atoms with van der Waals surface area (Å²) in [5, 5.41) is 0. The van der Waals surface area contributed by atoms with Crippen LogP contribution in [0.2, 0.25) is 0 Å². The summed E-state index contributed by atoms with van der Waals surface area (Å²) in [6.45, 7) is 3.87. The van der Waals surface area contributed by atoms with Crippen LogP contribution < -0.4 is 0 Å². The van der Waals surface area contributed by atoms with Gasteiger partial charge in [0.15, 0.2) is 0 Å². The van der Waals surface area contributed by atoms with Crippen molar-refractivity contribution in [1.29, 1.82) is 0 Å². The van der Waals surface area contributed by atoms with Crippen LogP contribution in [0.15, 0.2) is 24.3 Å². The summed E-state index contributed by atoms with van der Waals surface area (Å²) in [5.74, 6) is 0.154. The van der Waals surface area contributed by atoms with Gasteiger partial charge in [-0.25, -0.2) is 0 Å². The third-order valence-electron chi connectivity index (χ3n) is 2.71. The Morgan fingerprint density at radius 2 is 2.27 bits per heavy atom. The maximum atomic E-state index is 11.8. The van der Waals surface area contributed by atoms with E-state index in [1.165, 1.54) is 5.56 Å². The van der Waals surface area contributed by atoms with E-state index in [-0.39, 0.29) is 5.91 Å². The lowest BCUT2D eigenvalue weighted by Crippen LogP contribution is -2.29. The highest BCUT2D eigenvalue weighted by Crippen LogP contribution is 2.10. The highest BCUT2D eigenvalue weighted by molar-refractivity contribution is 5.79. The zero-order valence-corrected chi connectivity index (χ0v) is 8.90. The molecule has 1 amide bonds. The molecule has 1 aliphatic rings. The highest BCUT2D eigenvalue weighted by atomic mass is 16.5. The van der Waals surface area contributed by atoms with Crippen LogP contribution in [0.1, 0.15) is 11.1 Å². The summed E-state index contributed by atoms with van der Waals surface area (Å²) in [4.78, 5) is 13.6. The first-order chi connectivity index (χ1) is 7.27. The Morgan fingerprint density at radius 3 is 2.93 bits per heavy atom. The summed E-state index contributed by atoms with van der Waals surface area (Å²) in [5.41, 5.74) is 2.28. The van der Waals surface area contributed by atoms with E-state index in [1.807, 2.05) is 31.2 Å². The van der Waals surface area contributed by atoms with Crippen molar-refractivity contribution < 1.29 is 9.53 Å². The molecule has 1 aromatic carbocycles. The van der Waals surface area contributed by atoms with Crippen molar-refractivity contribution in [1.82, 2.24) is 4.90 Å². The van der Waals surface area contributed by atoms with Crippen molar-refractivity contribution in [3.05, 3.63) is 35.4 Å². The molecule has 0 spiro atoms. The number of benzene rings is 1. The van der Waals surface area contributed by atoms with Gasteiger partial charge in [-0.3, -0.25) is 4.79 Å². The van der Waals surface area contributed by atoms with Crippen molar-refractivity contribution in [3.8, 4) is 0 Å². The summed E-state index contributed by atoms with van der Waals surface area (Å²) < 4.78 is 5.15. The number of aryl methyl sites for hydroxylation is 1. The van der Waals surface area contributed by atoms with E-state index in [9.17, 15) is 4.79 Å². The van der Waals surface area contributed by atoms with E-state index in [0.29, 0.717) is 19.8 Å². The quantitative estimate of drug-likeness (QED) is 0.729. The van der Waals surface area contributed by atoms with Gasteiger partial charge in [-0.1, -0.05) is 24.3 Å². The van der Waals surface area contributed by atoms with Gasteiger partial charge in [0.25, 0.3) is 0 Å². The zero-order valence-electron chi connectivity index (χ0n) is 8.90. The number of carbonyl (C=O) groups excluding carboxylic acids is 1. The molecule has 1 heterocycles. The third-order valence-corrected chi connectivity index (χ3v) is 2.71. The largest absolute Gasteiger partial charge is 0.359 e. The van der Waals surface area contributed by atoms with Gasteiger partial charge in [0.2, 0.25) is 5.91 Å². The normalized spacial score (nSPS) is 15.7. The molecule has 15 heavy (non-hydrogen) atoms. The van der Waals surface area contributed by atoms with Gasteiger partial charge < -0.3 is 9.64 Å². The molecule has 1 aliphatic heterocycles. The Bertz CT molecular complexity index is 356. The molecule has 1 aromatic rings. The Balaban J connectivity index is 2.02. The number of nitrogens with zero attached hydrogens (tertiary/aromatic N) is 1. The number of amides is 1. The first-order valence-electron chi connectivity index (χ1n) is 5.17. The summed E-state index contributed by atoms with van der Waals surface area (Å²) in [6, 6.07) is 7.99. The predicted molar refractivity (Wildman–Crippen MR) is 57.4 cm³/mol. The Labute approximate surface area is 89.7 Å². The van der Waals surface area contributed by atoms with E-state index in [0.717, 1.165) is 12.1 Å². The molecule has 2 rings (SSSR count). The first-order valence-corrected chi connectivity index (χ1v) is 5.17. The highest BCUT2D eigenvalue weighted by Gasteiger charge is 2.18. The average molecular weight is 205 g/mol. The number of hydrogen-bond acceptors (Lipinski definition) is 2. The van der Waals surface area contributed by atoms with Crippen LogP contribution in [0.5, 0.6) is 0 Å². The molecule has 0 atom stereocenters. The van der Waals surface area contributed by atoms with Crippen LogP contribution in [0.3, 0.4) is 0 Å². The van der Waals surface area contributed by atoms with E-state index in [1.54, 1.807) is 4.90 Å². The molecule has 80 valence electrons. The molecular formula is C12H15NO2. The van der Waals surface area contributed by atoms with Gasteiger partial charge in [0.05, 0.1) is 13.0 Å². The molecule has 0 saturated carbocycles. The fourth-order valence-corrected chi connectivity index (χ4v) is 1.69. The maximum absolute atomic E-state index is 11.8. The number of rotatable bonds is 2. The molecule has 0 radical (unpaired) electrons. The smallest absolute Gasteiger partial charge is 0.228 e. The fraction of sp³-hybridized carbons (Fsp3) is 0.417. The van der Waals surface area contributed by atoms with Crippen molar-refractivity contribution in [2.75, 3.05) is 19.9 Å². The Hall–Kier alpha value is -1.35. The minimum atomic E-state index is 0.154. The third kappa shape index (κ3) is 2.36. The minimum absolute atomic E-state index is 0.154. The van der Waals surface area contributed by atoms with Crippen molar-refractivity contribution >= 4 is 5.91 Å². The Kier molecular flexibility index (Phi) is 3.02. The van der Waals surface area contributed by atoms with Gasteiger partial charge in [-0.15, -0.1) is 0 Å². The van der Waals surface area contributed by atoms with Crippen molar-refractivity contribution in [2.24, 2.45) is 0 Å². The molecule has 3 nitrogen and oxygen atoms in total. The zero-order chi connectivity index (χ0) is 10.7. The van der Waals surface area contributed by atoms with Gasteiger partial charge in [0.1, 0.15) is 6.73 Å². The summed E-state index contributed by atoms with van der Waals surface area (Å²) in [6.07, 6.45) is 0.482. The topological polar surface area (TPSA) is 29.5 Å². The van der Waals surface area contributed by atoms with Crippen LogP contribution >= 0.6 is 0 Å². The van der Waals surface area contributed by atoms with E-state index in [4.69, 9.17) is 4.74 Å². The van der Waals surface area contributed by atoms with Gasteiger partial charge in [0, 0.05) is 6.54 Å². The van der Waals surface area contributed by atoms with Crippen LogP contribution in [-0.4, -0.2) is 30.7 Å². The molecule has 0 N–H and O–H groups in total. The molecule has 1 saturated heterocycles. The number of carbonyl (C=O) groups is 1. The van der Waals surface area contributed by atoms with Crippen LogP contribution in [0.4, 0.5) is 0 Å². The first kappa shape index (κ1) is 10.2. The molecule has 0 bridgehead atoms. The van der Waals surface area contributed by atoms with Gasteiger partial charge in [-0.05, 0) is 18.1 Å². The summed E-state index contributed by atoms with van der Waals surface area (Å²) in [7, 11) is 0. The van der Waals surface area contributed by atoms with E-state index in [2.05, 4.69) is 0 Å². The summed E-state index contributed by atoms with van der Waals surface area (Å²) >= 11 is 0. The SMILES string of the molecule is Cc1ccccc1CC(=O)N1CCOC1. The lowest BCUT2D eigenvalue weighted by molar-refractivity contribution is -0.130. The maximum Gasteiger partial charge on any atom is 0.228 e. The average Bonchev–Trinajstić information content (AvgIpc) is 2.74. The second kappa shape index (κ2) is 4.45.